The van der Waals surface area contributed by atoms with E-state index in [0.717, 1.165) is 18.5 Å². The second-order valence-corrected chi connectivity index (χ2v) is 6.95. The van der Waals surface area contributed by atoms with E-state index in [9.17, 15) is 0 Å². The zero-order chi connectivity index (χ0) is 13.9. The van der Waals surface area contributed by atoms with E-state index >= 15 is 0 Å². The van der Waals surface area contributed by atoms with E-state index in [-0.39, 0.29) is 10.8 Å². The summed E-state index contributed by atoms with van der Waals surface area (Å²) in [7, 11) is 0. The lowest BCUT2D eigenvalue weighted by Gasteiger charge is -2.29. The standard InChI is InChI=1S/C15H21N3S/c1-14(2,12-9-16-7-8-17-12)5-6-15(3,4)13-10-19-11-18-13/h7-11H,5-6H2,1-4H3. The number of hydrogen-bond donors (Lipinski definition) is 0. The first-order valence-corrected chi connectivity index (χ1v) is 7.51. The Morgan fingerprint density at radius 2 is 1.63 bits per heavy atom. The number of thiazole rings is 1. The third-order valence-electron chi connectivity index (χ3n) is 3.76. The van der Waals surface area contributed by atoms with E-state index in [2.05, 4.69) is 48.0 Å². The molecule has 0 saturated carbocycles. The fraction of sp³-hybridized carbons (Fsp3) is 0.533. The molecule has 2 rings (SSSR count). The summed E-state index contributed by atoms with van der Waals surface area (Å²) in [5, 5.41) is 2.15. The molecule has 0 bridgehead atoms. The van der Waals surface area contributed by atoms with Gasteiger partial charge in [-0.1, -0.05) is 27.7 Å². The van der Waals surface area contributed by atoms with Crippen molar-refractivity contribution in [2.24, 2.45) is 0 Å². The fourth-order valence-corrected chi connectivity index (χ4v) is 2.82. The van der Waals surface area contributed by atoms with Crippen molar-refractivity contribution < 1.29 is 0 Å². The molecule has 0 radical (unpaired) electrons. The van der Waals surface area contributed by atoms with Gasteiger partial charge in [0, 0.05) is 34.8 Å². The van der Waals surface area contributed by atoms with Crippen molar-refractivity contribution in [2.45, 2.75) is 51.4 Å². The van der Waals surface area contributed by atoms with Gasteiger partial charge in [0.15, 0.2) is 0 Å². The van der Waals surface area contributed by atoms with Crippen LogP contribution >= 0.6 is 11.3 Å². The summed E-state index contributed by atoms with van der Waals surface area (Å²) in [6, 6.07) is 0. The van der Waals surface area contributed by atoms with Gasteiger partial charge >= 0.3 is 0 Å². The van der Waals surface area contributed by atoms with Crippen LogP contribution in [0.5, 0.6) is 0 Å². The number of nitrogens with zero attached hydrogens (tertiary/aromatic N) is 3. The summed E-state index contributed by atoms with van der Waals surface area (Å²) < 4.78 is 0. The molecule has 0 spiro atoms. The van der Waals surface area contributed by atoms with Gasteiger partial charge < -0.3 is 0 Å². The lowest BCUT2D eigenvalue weighted by Crippen LogP contribution is -2.25. The van der Waals surface area contributed by atoms with Crippen LogP contribution in [0.1, 0.15) is 51.9 Å². The Balaban J connectivity index is 2.06. The minimum absolute atomic E-state index is 0.0432. The molecule has 3 nitrogen and oxygen atoms in total. The molecule has 0 N–H and O–H groups in total. The highest BCUT2D eigenvalue weighted by atomic mass is 32.1. The summed E-state index contributed by atoms with van der Waals surface area (Å²) >= 11 is 1.66. The number of rotatable bonds is 5. The maximum atomic E-state index is 4.45. The van der Waals surface area contributed by atoms with Crippen LogP contribution in [-0.2, 0) is 10.8 Å². The predicted molar refractivity (Wildman–Crippen MR) is 79.4 cm³/mol. The van der Waals surface area contributed by atoms with Gasteiger partial charge in [0.05, 0.1) is 16.9 Å². The van der Waals surface area contributed by atoms with Gasteiger partial charge in [-0.2, -0.15) is 0 Å². The first-order valence-electron chi connectivity index (χ1n) is 6.57. The number of aromatic nitrogens is 3. The van der Waals surface area contributed by atoms with Crippen LogP contribution < -0.4 is 0 Å². The molecule has 0 aliphatic heterocycles. The third kappa shape index (κ3) is 3.38. The van der Waals surface area contributed by atoms with E-state index in [0.29, 0.717) is 0 Å². The quantitative estimate of drug-likeness (QED) is 0.828. The summed E-state index contributed by atoms with van der Waals surface area (Å²) in [5.74, 6) is 0. The summed E-state index contributed by atoms with van der Waals surface area (Å²) in [4.78, 5) is 13.1. The second-order valence-electron chi connectivity index (χ2n) is 6.23. The predicted octanol–water partition coefficient (Wildman–Crippen LogP) is 3.97. The Morgan fingerprint density at radius 1 is 0.947 bits per heavy atom. The average molecular weight is 275 g/mol. The van der Waals surface area contributed by atoms with E-state index in [1.54, 1.807) is 23.7 Å². The SMILES string of the molecule is CC(C)(CCC(C)(C)c1cscn1)c1cnccn1. The van der Waals surface area contributed by atoms with Crippen molar-refractivity contribution in [1.29, 1.82) is 0 Å². The van der Waals surface area contributed by atoms with Crippen molar-refractivity contribution in [2.75, 3.05) is 0 Å². The second kappa shape index (κ2) is 5.37. The highest BCUT2D eigenvalue weighted by Gasteiger charge is 2.29. The van der Waals surface area contributed by atoms with Crippen molar-refractivity contribution in [3.8, 4) is 0 Å². The lowest BCUT2D eigenvalue weighted by atomic mass is 9.76. The molecule has 4 heteroatoms. The molecular weight excluding hydrogens is 254 g/mol. The molecule has 0 saturated heterocycles. The van der Waals surface area contributed by atoms with Gasteiger partial charge in [0.2, 0.25) is 0 Å². The number of hydrogen-bond acceptors (Lipinski definition) is 4. The van der Waals surface area contributed by atoms with Gasteiger partial charge in [0.1, 0.15) is 0 Å². The fourth-order valence-electron chi connectivity index (χ4n) is 2.08. The van der Waals surface area contributed by atoms with E-state index in [1.165, 1.54) is 5.69 Å². The largest absolute Gasteiger partial charge is 0.261 e. The Hall–Kier alpha value is -1.29. The van der Waals surface area contributed by atoms with Crippen molar-refractivity contribution in [3.63, 3.8) is 0 Å². The first-order chi connectivity index (χ1) is 8.92. The van der Waals surface area contributed by atoms with E-state index in [4.69, 9.17) is 0 Å². The van der Waals surface area contributed by atoms with Crippen LogP contribution in [0.2, 0.25) is 0 Å². The van der Waals surface area contributed by atoms with Crippen LogP contribution in [0, 0.1) is 0 Å². The third-order valence-corrected chi connectivity index (χ3v) is 4.34. The summed E-state index contributed by atoms with van der Waals surface area (Å²) in [5.41, 5.74) is 4.31. The topological polar surface area (TPSA) is 38.7 Å². The smallest absolute Gasteiger partial charge is 0.0794 e. The normalized spacial score (nSPS) is 12.6. The zero-order valence-corrected chi connectivity index (χ0v) is 12.9. The Labute approximate surface area is 119 Å². The van der Waals surface area contributed by atoms with Gasteiger partial charge in [-0.25, -0.2) is 4.98 Å². The Morgan fingerprint density at radius 3 is 2.16 bits per heavy atom. The molecule has 2 heterocycles. The molecule has 0 amide bonds. The monoisotopic (exact) mass is 275 g/mol. The average Bonchev–Trinajstić information content (AvgIpc) is 2.93. The van der Waals surface area contributed by atoms with E-state index in [1.807, 2.05) is 11.7 Å². The maximum absolute atomic E-state index is 4.45. The molecule has 0 fully saturated rings. The molecule has 2 aromatic heterocycles. The van der Waals surface area contributed by atoms with Crippen LogP contribution in [0.25, 0.3) is 0 Å². The molecule has 0 atom stereocenters. The molecule has 19 heavy (non-hydrogen) atoms. The lowest BCUT2D eigenvalue weighted by molar-refractivity contribution is 0.364. The van der Waals surface area contributed by atoms with Crippen molar-refractivity contribution >= 4 is 11.3 Å². The van der Waals surface area contributed by atoms with Crippen LogP contribution in [0.15, 0.2) is 29.5 Å². The zero-order valence-electron chi connectivity index (χ0n) is 12.1. The van der Waals surface area contributed by atoms with Gasteiger partial charge in [-0.05, 0) is 12.8 Å². The molecule has 0 aliphatic rings. The molecule has 0 unspecified atom stereocenters. The minimum Gasteiger partial charge on any atom is -0.261 e. The first kappa shape index (κ1) is 14.1. The van der Waals surface area contributed by atoms with Gasteiger partial charge in [-0.15, -0.1) is 11.3 Å². The molecular formula is C15H21N3S. The van der Waals surface area contributed by atoms with Crippen molar-refractivity contribution in [3.05, 3.63) is 40.9 Å². The molecule has 2 aromatic rings. The summed E-state index contributed by atoms with van der Waals surface area (Å²) in [6.45, 7) is 8.98. The van der Waals surface area contributed by atoms with Gasteiger partial charge in [0.25, 0.3) is 0 Å². The molecule has 0 aliphatic carbocycles. The minimum atomic E-state index is 0.0432. The van der Waals surface area contributed by atoms with Crippen LogP contribution in [0.3, 0.4) is 0 Å². The highest BCUT2D eigenvalue weighted by Crippen LogP contribution is 2.34. The van der Waals surface area contributed by atoms with Crippen molar-refractivity contribution in [1.82, 2.24) is 15.0 Å². The van der Waals surface area contributed by atoms with Crippen LogP contribution in [-0.4, -0.2) is 15.0 Å². The Kier molecular flexibility index (Phi) is 3.99. The Bertz CT molecular complexity index is 503. The summed E-state index contributed by atoms with van der Waals surface area (Å²) in [6.07, 6.45) is 7.51. The maximum Gasteiger partial charge on any atom is 0.0794 e. The molecule has 102 valence electrons. The van der Waals surface area contributed by atoms with Gasteiger partial charge in [-0.3, -0.25) is 9.97 Å². The highest BCUT2D eigenvalue weighted by molar-refractivity contribution is 7.07. The van der Waals surface area contributed by atoms with E-state index < -0.39 is 0 Å². The molecule has 0 aromatic carbocycles. The van der Waals surface area contributed by atoms with Crippen LogP contribution in [0.4, 0.5) is 0 Å².